The number of hydrogen-bond acceptors (Lipinski definition) is 4. The van der Waals surface area contributed by atoms with Gasteiger partial charge < -0.3 is 9.64 Å². The van der Waals surface area contributed by atoms with Gasteiger partial charge in [-0.25, -0.2) is 4.98 Å². The van der Waals surface area contributed by atoms with Crippen molar-refractivity contribution in [2.45, 2.75) is 19.0 Å². The van der Waals surface area contributed by atoms with Gasteiger partial charge in [-0.3, -0.25) is 4.79 Å². The van der Waals surface area contributed by atoms with Gasteiger partial charge in [-0.15, -0.1) is 0 Å². The number of benzene rings is 2. The fourth-order valence-corrected chi connectivity index (χ4v) is 3.52. The van der Waals surface area contributed by atoms with Crippen LogP contribution in [-0.4, -0.2) is 24.0 Å². The second-order valence-corrected chi connectivity index (χ2v) is 7.09. The number of anilines is 1. The van der Waals surface area contributed by atoms with Crippen LogP contribution < -0.4 is 9.64 Å². The summed E-state index contributed by atoms with van der Waals surface area (Å²) in [4.78, 5) is 18.3. The van der Waals surface area contributed by atoms with Crippen LogP contribution in [0.3, 0.4) is 0 Å². The standard InChI is InChI=1S/C22H19F3N2O2/c23-22(24,25)18-6-8-20(26-14-18)27-11-9-16(10-12-27)21(28)29-19-7-5-15-3-1-2-4-17(15)13-19/h1-8,13-14,16H,9-12H2. The summed E-state index contributed by atoms with van der Waals surface area (Å²) in [6.07, 6.45) is -2.43. The van der Waals surface area contributed by atoms with Crippen LogP contribution in [0.5, 0.6) is 5.75 Å². The van der Waals surface area contributed by atoms with Crippen molar-refractivity contribution in [3.63, 3.8) is 0 Å². The Hall–Kier alpha value is -3.09. The average Bonchev–Trinajstić information content (AvgIpc) is 2.73. The van der Waals surface area contributed by atoms with Crippen molar-refractivity contribution in [2.24, 2.45) is 5.92 Å². The molecule has 4 rings (SSSR count). The number of carbonyl (C=O) groups excluding carboxylic acids is 1. The lowest BCUT2D eigenvalue weighted by Crippen LogP contribution is -2.38. The van der Waals surface area contributed by atoms with Crippen molar-refractivity contribution < 1.29 is 22.7 Å². The summed E-state index contributed by atoms with van der Waals surface area (Å²) in [6.45, 7) is 1.08. The van der Waals surface area contributed by atoms with Crippen molar-refractivity contribution in [1.82, 2.24) is 4.98 Å². The maximum absolute atomic E-state index is 12.7. The zero-order chi connectivity index (χ0) is 20.4. The van der Waals surface area contributed by atoms with Crippen molar-refractivity contribution in [1.29, 1.82) is 0 Å². The third-order valence-electron chi connectivity index (χ3n) is 5.17. The zero-order valence-electron chi connectivity index (χ0n) is 15.5. The summed E-state index contributed by atoms with van der Waals surface area (Å²) < 4.78 is 43.5. The van der Waals surface area contributed by atoms with E-state index in [4.69, 9.17) is 4.74 Å². The Morgan fingerprint density at radius 1 is 1.00 bits per heavy atom. The first-order chi connectivity index (χ1) is 13.9. The molecule has 0 spiro atoms. The predicted molar refractivity (Wildman–Crippen MR) is 104 cm³/mol. The van der Waals surface area contributed by atoms with E-state index in [2.05, 4.69) is 4.98 Å². The quantitative estimate of drug-likeness (QED) is 0.454. The van der Waals surface area contributed by atoms with Crippen LogP contribution in [0.1, 0.15) is 18.4 Å². The van der Waals surface area contributed by atoms with Gasteiger partial charge in [0.15, 0.2) is 0 Å². The Morgan fingerprint density at radius 3 is 2.38 bits per heavy atom. The van der Waals surface area contributed by atoms with E-state index < -0.39 is 11.7 Å². The number of pyridine rings is 1. The summed E-state index contributed by atoms with van der Waals surface area (Å²) in [5, 5.41) is 2.07. The van der Waals surface area contributed by atoms with E-state index in [0.29, 0.717) is 37.5 Å². The molecular formula is C22H19F3N2O2. The first-order valence-electron chi connectivity index (χ1n) is 9.39. The SMILES string of the molecule is O=C(Oc1ccc2ccccc2c1)C1CCN(c2ccc(C(F)(F)F)cn2)CC1. The first-order valence-corrected chi connectivity index (χ1v) is 9.39. The van der Waals surface area contributed by atoms with Crippen LogP contribution in [0.2, 0.25) is 0 Å². The van der Waals surface area contributed by atoms with E-state index >= 15 is 0 Å². The first kappa shape index (κ1) is 19.2. The maximum Gasteiger partial charge on any atom is 0.417 e. The summed E-state index contributed by atoms with van der Waals surface area (Å²) >= 11 is 0. The third-order valence-corrected chi connectivity index (χ3v) is 5.17. The molecule has 150 valence electrons. The number of ether oxygens (including phenoxy) is 1. The highest BCUT2D eigenvalue weighted by atomic mass is 19.4. The lowest BCUT2D eigenvalue weighted by molar-refractivity contribution is -0.140. The number of rotatable bonds is 3. The Kier molecular flexibility index (Phi) is 5.13. The number of fused-ring (bicyclic) bond motifs is 1. The van der Waals surface area contributed by atoms with Crippen LogP contribution in [0.15, 0.2) is 60.8 Å². The number of hydrogen-bond donors (Lipinski definition) is 0. The Morgan fingerprint density at radius 2 is 1.72 bits per heavy atom. The monoisotopic (exact) mass is 400 g/mol. The van der Waals surface area contributed by atoms with Gasteiger partial charge in [0, 0.05) is 19.3 Å². The molecular weight excluding hydrogens is 381 g/mol. The van der Waals surface area contributed by atoms with E-state index in [-0.39, 0.29) is 11.9 Å². The second kappa shape index (κ2) is 7.73. The molecule has 0 amide bonds. The molecule has 0 unspecified atom stereocenters. The van der Waals surface area contributed by atoms with E-state index in [0.717, 1.165) is 23.0 Å². The second-order valence-electron chi connectivity index (χ2n) is 7.09. The minimum Gasteiger partial charge on any atom is -0.426 e. The molecule has 0 radical (unpaired) electrons. The van der Waals surface area contributed by atoms with Gasteiger partial charge in [0.05, 0.1) is 11.5 Å². The minimum atomic E-state index is -4.40. The number of aromatic nitrogens is 1. The molecule has 1 aliphatic rings. The van der Waals surface area contributed by atoms with Crippen LogP contribution >= 0.6 is 0 Å². The van der Waals surface area contributed by atoms with Crippen molar-refractivity contribution in [2.75, 3.05) is 18.0 Å². The predicted octanol–water partition coefficient (Wildman–Crippen LogP) is 5.08. The summed E-state index contributed by atoms with van der Waals surface area (Å²) in [6, 6.07) is 15.8. The molecule has 1 fully saturated rings. The highest BCUT2D eigenvalue weighted by Crippen LogP contribution is 2.30. The van der Waals surface area contributed by atoms with E-state index in [1.807, 2.05) is 41.3 Å². The molecule has 1 aliphatic heterocycles. The molecule has 0 bridgehead atoms. The van der Waals surface area contributed by atoms with Gasteiger partial charge >= 0.3 is 12.1 Å². The van der Waals surface area contributed by atoms with E-state index in [9.17, 15) is 18.0 Å². The summed E-state index contributed by atoms with van der Waals surface area (Å²) in [7, 11) is 0. The normalized spacial score (nSPS) is 15.5. The minimum absolute atomic E-state index is 0.243. The molecule has 0 N–H and O–H groups in total. The Bertz CT molecular complexity index is 1010. The molecule has 0 aliphatic carbocycles. The molecule has 0 saturated carbocycles. The van der Waals surface area contributed by atoms with Crippen LogP contribution in [0.25, 0.3) is 10.8 Å². The molecule has 2 heterocycles. The van der Waals surface area contributed by atoms with Crippen LogP contribution in [-0.2, 0) is 11.0 Å². The fraction of sp³-hybridized carbons (Fsp3) is 0.273. The maximum atomic E-state index is 12.7. The van der Waals surface area contributed by atoms with Gasteiger partial charge in [0.25, 0.3) is 0 Å². The largest absolute Gasteiger partial charge is 0.426 e. The number of esters is 1. The molecule has 3 aromatic rings. The van der Waals surface area contributed by atoms with E-state index in [1.165, 1.54) is 6.07 Å². The number of nitrogens with zero attached hydrogens (tertiary/aromatic N) is 2. The third kappa shape index (κ3) is 4.34. The Balaban J connectivity index is 1.35. The van der Waals surface area contributed by atoms with E-state index in [1.54, 1.807) is 6.07 Å². The van der Waals surface area contributed by atoms with Gasteiger partial charge in [-0.1, -0.05) is 30.3 Å². The van der Waals surface area contributed by atoms with Crippen LogP contribution in [0.4, 0.5) is 19.0 Å². The molecule has 1 aromatic heterocycles. The molecule has 29 heavy (non-hydrogen) atoms. The van der Waals surface area contributed by atoms with Crippen molar-refractivity contribution in [3.8, 4) is 5.75 Å². The average molecular weight is 400 g/mol. The van der Waals surface area contributed by atoms with Crippen molar-refractivity contribution in [3.05, 3.63) is 66.4 Å². The van der Waals surface area contributed by atoms with Gasteiger partial charge in [0.1, 0.15) is 11.6 Å². The Labute approximate surface area is 165 Å². The zero-order valence-corrected chi connectivity index (χ0v) is 15.5. The number of piperidine rings is 1. The topological polar surface area (TPSA) is 42.4 Å². The van der Waals surface area contributed by atoms with Gasteiger partial charge in [-0.05, 0) is 47.9 Å². The molecule has 7 heteroatoms. The lowest BCUT2D eigenvalue weighted by atomic mass is 9.97. The summed E-state index contributed by atoms with van der Waals surface area (Å²) in [5.74, 6) is 0.479. The van der Waals surface area contributed by atoms with Gasteiger partial charge in [-0.2, -0.15) is 13.2 Å². The highest BCUT2D eigenvalue weighted by Gasteiger charge is 2.31. The highest BCUT2D eigenvalue weighted by molar-refractivity contribution is 5.85. The smallest absolute Gasteiger partial charge is 0.417 e. The van der Waals surface area contributed by atoms with Gasteiger partial charge in [0.2, 0.25) is 0 Å². The number of alkyl halides is 3. The number of halogens is 3. The molecule has 1 saturated heterocycles. The molecule has 2 aromatic carbocycles. The lowest BCUT2D eigenvalue weighted by Gasteiger charge is -2.31. The molecule has 4 nitrogen and oxygen atoms in total. The van der Waals surface area contributed by atoms with Crippen molar-refractivity contribution >= 4 is 22.6 Å². The van der Waals surface area contributed by atoms with Crippen LogP contribution in [0, 0.1) is 5.92 Å². The summed E-state index contributed by atoms with van der Waals surface area (Å²) in [5.41, 5.74) is -0.768. The fourth-order valence-electron chi connectivity index (χ4n) is 3.52. The molecule has 0 atom stereocenters. The number of carbonyl (C=O) groups is 1.